The average molecular weight is 452 g/mol. The topological polar surface area (TPSA) is 73.1 Å². The van der Waals surface area contributed by atoms with E-state index in [2.05, 4.69) is 5.32 Å². The second kappa shape index (κ2) is 7.83. The molecule has 1 N–H and O–H groups in total. The lowest BCUT2D eigenvalue weighted by atomic mass is 10.1. The Kier molecular flexibility index (Phi) is 5.00. The third kappa shape index (κ3) is 3.60. The molecule has 0 bridgehead atoms. The molecular weight excluding hydrogens is 434 g/mol. The highest BCUT2D eigenvalue weighted by atomic mass is 35.5. The van der Waals surface area contributed by atoms with Crippen LogP contribution in [0.1, 0.15) is 17.5 Å². The first-order chi connectivity index (χ1) is 15.0. The monoisotopic (exact) mass is 451 g/mol. The van der Waals surface area contributed by atoms with Gasteiger partial charge >= 0.3 is 5.69 Å². The Hall–Kier alpha value is -3.16. The number of thiophene rings is 1. The molecule has 0 spiro atoms. The van der Waals surface area contributed by atoms with Crippen LogP contribution in [0.25, 0.3) is 15.9 Å². The van der Waals surface area contributed by atoms with Crippen LogP contribution < -0.4 is 16.6 Å². The van der Waals surface area contributed by atoms with Crippen molar-refractivity contribution < 1.29 is 4.79 Å². The molecule has 0 saturated carbocycles. The fourth-order valence-electron chi connectivity index (χ4n) is 4.05. The van der Waals surface area contributed by atoms with Crippen molar-refractivity contribution >= 4 is 44.7 Å². The molecule has 2 aromatic heterocycles. The highest BCUT2D eigenvalue weighted by Crippen LogP contribution is 2.25. The Labute approximate surface area is 186 Å². The summed E-state index contributed by atoms with van der Waals surface area (Å²) in [7, 11) is 0. The van der Waals surface area contributed by atoms with Crippen LogP contribution in [0.2, 0.25) is 5.02 Å². The largest absolute Gasteiger partial charge is 0.336 e. The Bertz CT molecular complexity index is 1430. The van der Waals surface area contributed by atoms with Gasteiger partial charge in [-0.15, -0.1) is 11.3 Å². The predicted molar refractivity (Wildman–Crippen MR) is 124 cm³/mol. The maximum absolute atomic E-state index is 13.2. The standard InChI is InChI=1S/C23H18ClN3O3S/c24-16-5-8-18(9-6-16)27-22(29)21-19(10-11-31-21)26(23(27)30)13-20(28)25-17-7-4-14-2-1-3-15(14)12-17/h4-12H,1-3,13H2,(H,25,28). The van der Waals surface area contributed by atoms with Crippen molar-refractivity contribution in [3.63, 3.8) is 0 Å². The van der Waals surface area contributed by atoms with E-state index in [-0.39, 0.29) is 12.5 Å². The van der Waals surface area contributed by atoms with Crippen LogP contribution >= 0.6 is 22.9 Å². The van der Waals surface area contributed by atoms with Crippen molar-refractivity contribution in [2.45, 2.75) is 25.8 Å². The number of hydrogen-bond acceptors (Lipinski definition) is 4. The lowest BCUT2D eigenvalue weighted by Crippen LogP contribution is -2.40. The summed E-state index contributed by atoms with van der Waals surface area (Å²) in [5.74, 6) is -0.325. The zero-order chi connectivity index (χ0) is 21.5. The van der Waals surface area contributed by atoms with Gasteiger partial charge in [0.05, 0.1) is 11.2 Å². The normalized spacial score (nSPS) is 12.8. The van der Waals surface area contributed by atoms with E-state index in [1.807, 2.05) is 18.2 Å². The van der Waals surface area contributed by atoms with Gasteiger partial charge in [-0.3, -0.25) is 14.2 Å². The van der Waals surface area contributed by atoms with E-state index >= 15 is 0 Å². The van der Waals surface area contributed by atoms with Gasteiger partial charge in [0.2, 0.25) is 5.91 Å². The highest BCUT2D eigenvalue weighted by Gasteiger charge is 2.18. The first-order valence-electron chi connectivity index (χ1n) is 9.92. The van der Waals surface area contributed by atoms with E-state index in [1.54, 1.807) is 35.7 Å². The number of hydrogen-bond donors (Lipinski definition) is 1. The Morgan fingerprint density at radius 3 is 2.61 bits per heavy atom. The quantitative estimate of drug-likeness (QED) is 0.509. The molecule has 1 amide bonds. The minimum Gasteiger partial charge on any atom is -0.325 e. The zero-order valence-electron chi connectivity index (χ0n) is 16.4. The third-order valence-electron chi connectivity index (χ3n) is 5.52. The van der Waals surface area contributed by atoms with Crippen molar-refractivity contribution in [2.24, 2.45) is 0 Å². The maximum atomic E-state index is 13.2. The van der Waals surface area contributed by atoms with Crippen molar-refractivity contribution in [2.75, 3.05) is 5.32 Å². The van der Waals surface area contributed by atoms with Gasteiger partial charge in [-0.25, -0.2) is 9.36 Å². The summed E-state index contributed by atoms with van der Waals surface area (Å²) in [5, 5.41) is 5.13. The molecule has 31 heavy (non-hydrogen) atoms. The third-order valence-corrected chi connectivity index (χ3v) is 6.67. The molecule has 0 atom stereocenters. The number of halogens is 1. The Morgan fingerprint density at radius 2 is 1.81 bits per heavy atom. The first-order valence-corrected chi connectivity index (χ1v) is 11.2. The minimum atomic E-state index is -0.567. The lowest BCUT2D eigenvalue weighted by molar-refractivity contribution is -0.116. The first kappa shape index (κ1) is 19.8. The van der Waals surface area contributed by atoms with E-state index in [9.17, 15) is 14.4 Å². The van der Waals surface area contributed by atoms with Crippen LogP contribution in [-0.2, 0) is 24.2 Å². The lowest BCUT2D eigenvalue weighted by Gasteiger charge is -2.13. The van der Waals surface area contributed by atoms with Crippen molar-refractivity contribution in [3.05, 3.63) is 90.9 Å². The van der Waals surface area contributed by atoms with Crippen LogP contribution in [0.15, 0.2) is 63.5 Å². The Morgan fingerprint density at radius 1 is 1.03 bits per heavy atom. The fraction of sp³-hybridized carbons (Fsp3) is 0.174. The molecule has 0 unspecified atom stereocenters. The molecule has 0 aliphatic heterocycles. The number of fused-ring (bicyclic) bond motifs is 2. The molecular formula is C23H18ClN3O3S. The number of nitrogens with zero attached hydrogens (tertiary/aromatic N) is 2. The van der Waals surface area contributed by atoms with Gasteiger partial charge in [-0.1, -0.05) is 17.7 Å². The maximum Gasteiger partial charge on any atom is 0.336 e. The molecule has 0 saturated heterocycles. The number of carbonyl (C=O) groups is 1. The predicted octanol–water partition coefficient (Wildman–Crippen LogP) is 3.99. The molecule has 0 fully saturated rings. The summed E-state index contributed by atoms with van der Waals surface area (Å²) < 4.78 is 2.84. The van der Waals surface area contributed by atoms with Crippen LogP contribution in [0.4, 0.5) is 5.69 Å². The number of amides is 1. The van der Waals surface area contributed by atoms with E-state index in [4.69, 9.17) is 11.6 Å². The molecule has 8 heteroatoms. The highest BCUT2D eigenvalue weighted by molar-refractivity contribution is 7.17. The number of carbonyl (C=O) groups excluding carboxylic acids is 1. The molecule has 4 aromatic rings. The van der Waals surface area contributed by atoms with Crippen LogP contribution in [0, 0.1) is 0 Å². The summed E-state index contributed by atoms with van der Waals surface area (Å²) >= 11 is 7.19. The Balaban J connectivity index is 1.53. The number of rotatable bonds is 4. The summed E-state index contributed by atoms with van der Waals surface area (Å²) in [6.45, 7) is -0.197. The van der Waals surface area contributed by atoms with Crippen LogP contribution in [0.3, 0.4) is 0 Å². The number of benzene rings is 2. The van der Waals surface area contributed by atoms with E-state index < -0.39 is 11.2 Å². The summed E-state index contributed by atoms with van der Waals surface area (Å²) in [5.41, 5.74) is 3.17. The molecule has 2 heterocycles. The second-order valence-corrected chi connectivity index (χ2v) is 8.86. The number of nitrogens with one attached hydrogen (secondary N) is 1. The minimum absolute atomic E-state index is 0.197. The molecule has 156 valence electrons. The number of aryl methyl sites for hydroxylation is 2. The summed E-state index contributed by atoms with van der Waals surface area (Å²) in [4.78, 5) is 39.0. The van der Waals surface area contributed by atoms with E-state index in [1.165, 1.54) is 27.0 Å². The van der Waals surface area contributed by atoms with Gasteiger partial charge in [-0.05, 0) is 78.2 Å². The van der Waals surface area contributed by atoms with Gasteiger partial charge in [0.25, 0.3) is 5.56 Å². The number of aromatic nitrogens is 2. The van der Waals surface area contributed by atoms with Gasteiger partial charge in [0, 0.05) is 10.7 Å². The number of anilines is 1. The van der Waals surface area contributed by atoms with Gasteiger partial charge in [-0.2, -0.15) is 0 Å². The molecule has 6 nitrogen and oxygen atoms in total. The smallest absolute Gasteiger partial charge is 0.325 e. The average Bonchev–Trinajstić information content (AvgIpc) is 3.42. The van der Waals surface area contributed by atoms with Crippen molar-refractivity contribution in [3.8, 4) is 5.69 Å². The molecule has 2 aromatic carbocycles. The molecule has 1 aliphatic carbocycles. The van der Waals surface area contributed by atoms with Gasteiger partial charge in [0.1, 0.15) is 11.2 Å². The fourth-order valence-corrected chi connectivity index (χ4v) is 5.00. The molecule has 5 rings (SSSR count). The van der Waals surface area contributed by atoms with Crippen LogP contribution in [-0.4, -0.2) is 15.0 Å². The van der Waals surface area contributed by atoms with Gasteiger partial charge in [0.15, 0.2) is 0 Å². The van der Waals surface area contributed by atoms with Crippen molar-refractivity contribution in [1.29, 1.82) is 0 Å². The molecule has 0 radical (unpaired) electrons. The van der Waals surface area contributed by atoms with Gasteiger partial charge < -0.3 is 5.32 Å². The van der Waals surface area contributed by atoms with Crippen molar-refractivity contribution in [1.82, 2.24) is 9.13 Å². The molecule has 1 aliphatic rings. The van der Waals surface area contributed by atoms with Crippen LogP contribution in [0.5, 0.6) is 0 Å². The summed E-state index contributed by atoms with van der Waals surface area (Å²) in [6, 6.07) is 14.1. The second-order valence-electron chi connectivity index (χ2n) is 7.51. The SMILES string of the molecule is O=C(Cn1c(=O)n(-c2ccc(Cl)cc2)c(=O)c2sccc21)Nc1ccc2c(c1)CCC2. The van der Waals surface area contributed by atoms with E-state index in [0.29, 0.717) is 26.6 Å². The van der Waals surface area contributed by atoms with E-state index in [0.717, 1.165) is 23.8 Å². The zero-order valence-corrected chi connectivity index (χ0v) is 18.0. The summed E-state index contributed by atoms with van der Waals surface area (Å²) in [6.07, 6.45) is 3.21.